The molecule has 0 aromatic heterocycles. The van der Waals surface area contributed by atoms with Crippen LogP contribution in [0.4, 0.5) is 4.79 Å². The summed E-state index contributed by atoms with van der Waals surface area (Å²) in [6.07, 6.45) is 2.97. The Labute approximate surface area is 90.5 Å². The Morgan fingerprint density at radius 3 is 2.33 bits per heavy atom. The average Bonchev–Trinajstić information content (AvgIpc) is 2.13. The fourth-order valence-corrected chi connectivity index (χ4v) is 1.56. The number of amides is 2. The quantitative estimate of drug-likeness (QED) is 0.670. The smallest absolute Gasteiger partial charge is 0.315 e. The number of ether oxygens (including phenoxy) is 2. The van der Waals surface area contributed by atoms with Crippen molar-refractivity contribution in [1.82, 2.24) is 10.6 Å². The molecule has 1 rings (SSSR count). The van der Waals surface area contributed by atoms with Crippen LogP contribution in [0, 0.1) is 0 Å². The number of hydrogen-bond donors (Lipinski definition) is 2. The summed E-state index contributed by atoms with van der Waals surface area (Å²) in [7, 11) is 3.10. The Hall–Kier alpha value is -0.810. The lowest BCUT2D eigenvalue weighted by atomic mass is 9.93. The van der Waals surface area contributed by atoms with Gasteiger partial charge in [-0.15, -0.1) is 0 Å². The third kappa shape index (κ3) is 3.68. The van der Waals surface area contributed by atoms with Gasteiger partial charge in [-0.1, -0.05) is 0 Å². The van der Waals surface area contributed by atoms with Crippen LogP contribution in [-0.4, -0.2) is 38.6 Å². The Morgan fingerprint density at radius 1 is 1.33 bits per heavy atom. The van der Waals surface area contributed by atoms with Gasteiger partial charge in [0.1, 0.15) is 0 Å². The first-order valence-electron chi connectivity index (χ1n) is 5.30. The second-order valence-electron chi connectivity index (χ2n) is 3.87. The predicted molar refractivity (Wildman–Crippen MR) is 56.6 cm³/mol. The molecule has 5 nitrogen and oxygen atoms in total. The highest BCUT2D eigenvalue weighted by molar-refractivity contribution is 5.74. The molecule has 0 radical (unpaired) electrons. The first kappa shape index (κ1) is 12.3. The first-order chi connectivity index (χ1) is 7.17. The number of methoxy groups -OCH3 is 2. The number of rotatable bonds is 5. The van der Waals surface area contributed by atoms with Crippen molar-refractivity contribution in [1.29, 1.82) is 0 Å². The van der Waals surface area contributed by atoms with Crippen molar-refractivity contribution >= 4 is 6.03 Å². The molecule has 2 N–H and O–H groups in total. The molecular formula is C10H20N2O3. The van der Waals surface area contributed by atoms with Gasteiger partial charge in [-0.25, -0.2) is 4.79 Å². The van der Waals surface area contributed by atoms with E-state index in [1.807, 2.05) is 6.92 Å². The lowest BCUT2D eigenvalue weighted by molar-refractivity contribution is -0.117. The van der Waals surface area contributed by atoms with Gasteiger partial charge in [0.2, 0.25) is 0 Å². The van der Waals surface area contributed by atoms with Crippen molar-refractivity contribution in [3.8, 4) is 0 Å². The van der Waals surface area contributed by atoms with Crippen LogP contribution in [0.1, 0.15) is 26.2 Å². The number of nitrogens with one attached hydrogen (secondary N) is 2. The van der Waals surface area contributed by atoms with E-state index in [4.69, 9.17) is 9.47 Å². The van der Waals surface area contributed by atoms with Gasteiger partial charge >= 0.3 is 6.03 Å². The van der Waals surface area contributed by atoms with Gasteiger partial charge in [0.05, 0.1) is 6.04 Å². The molecule has 0 spiro atoms. The van der Waals surface area contributed by atoms with E-state index in [2.05, 4.69) is 10.6 Å². The highest BCUT2D eigenvalue weighted by Crippen LogP contribution is 2.17. The van der Waals surface area contributed by atoms with E-state index in [1.54, 1.807) is 14.2 Å². The molecule has 0 heterocycles. The Bertz CT molecular complexity index is 203. The number of urea groups is 1. The maximum atomic E-state index is 11.5. The minimum atomic E-state index is -0.405. The van der Waals surface area contributed by atoms with Crippen LogP contribution >= 0.6 is 0 Å². The molecule has 2 amide bonds. The lowest BCUT2D eigenvalue weighted by Gasteiger charge is -2.28. The summed E-state index contributed by atoms with van der Waals surface area (Å²) in [6.45, 7) is 1.85. The van der Waals surface area contributed by atoms with Gasteiger partial charge < -0.3 is 20.1 Å². The van der Waals surface area contributed by atoms with Crippen LogP contribution in [0.25, 0.3) is 0 Å². The summed E-state index contributed by atoms with van der Waals surface area (Å²) in [5.41, 5.74) is 0. The Kier molecular flexibility index (Phi) is 4.84. The summed E-state index contributed by atoms with van der Waals surface area (Å²) in [6, 6.07) is 0.0344. The molecule has 1 saturated carbocycles. The second kappa shape index (κ2) is 5.92. The van der Waals surface area contributed by atoms with Crippen LogP contribution in [0.3, 0.4) is 0 Å². The summed E-state index contributed by atoms with van der Waals surface area (Å²) in [5, 5.41) is 5.67. The third-order valence-electron chi connectivity index (χ3n) is 2.67. The first-order valence-corrected chi connectivity index (χ1v) is 5.30. The van der Waals surface area contributed by atoms with Gasteiger partial charge in [-0.3, -0.25) is 0 Å². The fraction of sp³-hybridized carbons (Fsp3) is 0.900. The van der Waals surface area contributed by atoms with Crippen LogP contribution in [-0.2, 0) is 9.47 Å². The predicted octanol–water partition coefficient (Wildman–Crippen LogP) is 0.846. The molecule has 1 aliphatic carbocycles. The van der Waals surface area contributed by atoms with Gasteiger partial charge in [0, 0.05) is 20.3 Å². The molecule has 0 saturated heterocycles. The van der Waals surface area contributed by atoms with Crippen molar-refractivity contribution in [2.45, 2.75) is 44.6 Å². The third-order valence-corrected chi connectivity index (χ3v) is 2.67. The van der Waals surface area contributed by atoms with E-state index in [0.717, 1.165) is 12.8 Å². The van der Waals surface area contributed by atoms with E-state index in [1.165, 1.54) is 6.42 Å². The van der Waals surface area contributed by atoms with Crippen molar-refractivity contribution < 1.29 is 14.3 Å². The van der Waals surface area contributed by atoms with Crippen molar-refractivity contribution in [2.75, 3.05) is 14.2 Å². The zero-order valence-corrected chi connectivity index (χ0v) is 9.58. The number of carbonyl (C=O) groups is 1. The zero-order valence-electron chi connectivity index (χ0n) is 9.58. The largest absolute Gasteiger partial charge is 0.354 e. The summed E-state index contributed by atoms with van der Waals surface area (Å²) in [4.78, 5) is 11.5. The molecule has 1 fully saturated rings. The van der Waals surface area contributed by atoms with Crippen LogP contribution < -0.4 is 10.6 Å². The molecule has 0 aromatic rings. The highest BCUT2D eigenvalue weighted by atomic mass is 16.7. The molecule has 15 heavy (non-hydrogen) atoms. The van der Waals surface area contributed by atoms with E-state index in [-0.39, 0.29) is 12.1 Å². The monoisotopic (exact) mass is 216 g/mol. The van der Waals surface area contributed by atoms with Crippen LogP contribution in [0.5, 0.6) is 0 Å². The fourth-order valence-electron chi connectivity index (χ4n) is 1.56. The molecule has 1 aliphatic rings. The zero-order chi connectivity index (χ0) is 11.3. The number of carbonyl (C=O) groups excluding carboxylic acids is 1. The van der Waals surface area contributed by atoms with E-state index >= 15 is 0 Å². The maximum Gasteiger partial charge on any atom is 0.315 e. The minimum absolute atomic E-state index is 0.147. The summed E-state index contributed by atoms with van der Waals surface area (Å²) >= 11 is 0. The van der Waals surface area contributed by atoms with Gasteiger partial charge in [0.15, 0.2) is 6.29 Å². The molecule has 0 aromatic carbocycles. The molecule has 0 aliphatic heterocycles. The minimum Gasteiger partial charge on any atom is -0.354 e. The summed E-state index contributed by atoms with van der Waals surface area (Å²) < 4.78 is 10.1. The van der Waals surface area contributed by atoms with Gasteiger partial charge in [-0.2, -0.15) is 0 Å². The molecule has 1 atom stereocenters. The van der Waals surface area contributed by atoms with Crippen LogP contribution in [0.2, 0.25) is 0 Å². The Balaban J connectivity index is 2.22. The molecule has 88 valence electrons. The molecular weight excluding hydrogens is 196 g/mol. The molecule has 1 unspecified atom stereocenters. The van der Waals surface area contributed by atoms with Gasteiger partial charge in [-0.05, 0) is 26.2 Å². The number of hydrogen-bond acceptors (Lipinski definition) is 3. The van der Waals surface area contributed by atoms with Gasteiger partial charge in [0.25, 0.3) is 0 Å². The topological polar surface area (TPSA) is 59.6 Å². The highest BCUT2D eigenvalue weighted by Gasteiger charge is 2.22. The SMILES string of the molecule is COC(OC)C(C)NC(=O)NC1CCC1. The van der Waals surface area contributed by atoms with E-state index in [9.17, 15) is 4.79 Å². The maximum absolute atomic E-state index is 11.5. The van der Waals surface area contributed by atoms with Crippen molar-refractivity contribution in [2.24, 2.45) is 0 Å². The normalized spacial score (nSPS) is 18.4. The average molecular weight is 216 g/mol. The van der Waals surface area contributed by atoms with E-state index < -0.39 is 6.29 Å². The summed E-state index contributed by atoms with van der Waals surface area (Å²) in [5.74, 6) is 0. The van der Waals surface area contributed by atoms with E-state index in [0.29, 0.717) is 6.04 Å². The van der Waals surface area contributed by atoms with Crippen molar-refractivity contribution in [3.05, 3.63) is 0 Å². The lowest BCUT2D eigenvalue weighted by Crippen LogP contribution is -2.51. The molecule has 5 heteroatoms. The molecule has 0 bridgehead atoms. The standard InChI is InChI=1S/C10H20N2O3/c1-7(9(14-2)15-3)11-10(13)12-8-5-4-6-8/h7-9H,4-6H2,1-3H3,(H2,11,12,13). The van der Waals surface area contributed by atoms with Crippen molar-refractivity contribution in [3.63, 3.8) is 0 Å². The second-order valence-corrected chi connectivity index (χ2v) is 3.87. The Morgan fingerprint density at radius 2 is 1.93 bits per heavy atom. The van der Waals surface area contributed by atoms with Crippen LogP contribution in [0.15, 0.2) is 0 Å².